The normalized spacial score (nSPS) is 15.1. The number of nitrogens with zero attached hydrogens (tertiary/aromatic N) is 2. The molecule has 0 spiro atoms. The summed E-state index contributed by atoms with van der Waals surface area (Å²) in [5.41, 5.74) is 0.298. The molecule has 1 aliphatic heterocycles. The van der Waals surface area contributed by atoms with E-state index in [1.54, 1.807) is 7.11 Å². The van der Waals surface area contributed by atoms with E-state index >= 15 is 0 Å². The third-order valence-electron chi connectivity index (χ3n) is 5.19. The molecule has 2 aromatic rings. The minimum atomic E-state index is -4.46. The van der Waals surface area contributed by atoms with E-state index in [1.165, 1.54) is 12.1 Å². The van der Waals surface area contributed by atoms with Crippen LogP contribution in [0.25, 0.3) is 0 Å². The van der Waals surface area contributed by atoms with Gasteiger partial charge >= 0.3 is 6.18 Å². The Morgan fingerprint density at radius 3 is 2.50 bits per heavy atom. The van der Waals surface area contributed by atoms with Crippen LogP contribution in [0, 0.1) is 0 Å². The number of carbonyl (C=O) groups is 1. The highest BCUT2D eigenvalue weighted by Crippen LogP contribution is 2.30. The number of ether oxygens (including phenoxy) is 1. The fraction of sp³-hybridized carbons (Fsp3) is 0.409. The lowest BCUT2D eigenvalue weighted by atomic mass is 10.1. The molecule has 1 saturated heterocycles. The Balaban J connectivity index is 1.40. The molecule has 0 saturated carbocycles. The third-order valence-corrected chi connectivity index (χ3v) is 5.19. The van der Waals surface area contributed by atoms with Gasteiger partial charge in [-0.25, -0.2) is 0 Å². The van der Waals surface area contributed by atoms with Crippen LogP contribution < -0.4 is 15.0 Å². The molecule has 1 amide bonds. The Hall–Kier alpha value is -2.74. The quantitative estimate of drug-likeness (QED) is 0.694. The van der Waals surface area contributed by atoms with E-state index in [0.29, 0.717) is 6.54 Å². The van der Waals surface area contributed by atoms with E-state index in [9.17, 15) is 18.0 Å². The Kier molecular flexibility index (Phi) is 7.20. The molecule has 2 aromatic carbocycles. The average Bonchev–Trinajstić information content (AvgIpc) is 2.76. The van der Waals surface area contributed by atoms with Gasteiger partial charge in [0.25, 0.3) is 5.91 Å². The van der Waals surface area contributed by atoms with Crippen molar-refractivity contribution in [2.75, 3.05) is 51.3 Å². The number of amides is 1. The lowest BCUT2D eigenvalue weighted by Gasteiger charge is -2.36. The topological polar surface area (TPSA) is 44.8 Å². The summed E-state index contributed by atoms with van der Waals surface area (Å²) < 4.78 is 43.8. The predicted octanol–water partition coefficient (Wildman–Crippen LogP) is 3.66. The maximum absolute atomic E-state index is 12.8. The Bertz CT molecular complexity index is 850. The second kappa shape index (κ2) is 9.84. The number of carbonyl (C=O) groups excluding carboxylic acids is 1. The summed E-state index contributed by atoms with van der Waals surface area (Å²) in [7, 11) is 1.67. The van der Waals surface area contributed by atoms with Gasteiger partial charge in [-0.05, 0) is 43.3 Å². The van der Waals surface area contributed by atoms with Crippen molar-refractivity contribution in [1.29, 1.82) is 0 Å². The van der Waals surface area contributed by atoms with Gasteiger partial charge in [-0.2, -0.15) is 13.2 Å². The Labute approximate surface area is 174 Å². The van der Waals surface area contributed by atoms with Crippen LogP contribution in [0.15, 0.2) is 48.5 Å². The van der Waals surface area contributed by atoms with Crippen LogP contribution in [-0.2, 0) is 6.18 Å². The van der Waals surface area contributed by atoms with Gasteiger partial charge in [-0.15, -0.1) is 0 Å². The number of nitrogens with one attached hydrogen (secondary N) is 1. The van der Waals surface area contributed by atoms with Gasteiger partial charge in [-0.3, -0.25) is 9.69 Å². The average molecular weight is 421 g/mol. The summed E-state index contributed by atoms with van der Waals surface area (Å²) in [6.45, 7) is 4.82. The highest BCUT2D eigenvalue weighted by atomic mass is 19.4. The Morgan fingerprint density at radius 2 is 1.80 bits per heavy atom. The summed E-state index contributed by atoms with van der Waals surface area (Å²) in [6, 6.07) is 12.4. The van der Waals surface area contributed by atoms with Gasteiger partial charge < -0.3 is 15.0 Å². The first-order valence-electron chi connectivity index (χ1n) is 9.94. The fourth-order valence-electron chi connectivity index (χ4n) is 3.55. The largest absolute Gasteiger partial charge is 0.495 e. The van der Waals surface area contributed by atoms with Gasteiger partial charge in [0, 0.05) is 38.3 Å². The van der Waals surface area contributed by atoms with Gasteiger partial charge in [0.05, 0.1) is 18.4 Å². The number of anilines is 1. The molecule has 1 aliphatic rings. The molecule has 0 aromatic heterocycles. The van der Waals surface area contributed by atoms with Crippen molar-refractivity contribution < 1.29 is 22.7 Å². The second-order valence-corrected chi connectivity index (χ2v) is 7.19. The van der Waals surface area contributed by atoms with Crippen LogP contribution in [0.4, 0.5) is 18.9 Å². The highest BCUT2D eigenvalue weighted by molar-refractivity contribution is 5.94. The first-order chi connectivity index (χ1) is 14.4. The van der Waals surface area contributed by atoms with E-state index in [1.807, 2.05) is 18.2 Å². The molecule has 3 rings (SSSR count). The van der Waals surface area contributed by atoms with Crippen LogP contribution in [0.1, 0.15) is 22.3 Å². The molecule has 1 heterocycles. The molecule has 1 fully saturated rings. The molecular weight excluding hydrogens is 395 g/mol. The summed E-state index contributed by atoms with van der Waals surface area (Å²) in [6.07, 6.45) is -3.72. The molecule has 5 nitrogen and oxygen atoms in total. The lowest BCUT2D eigenvalue weighted by Crippen LogP contribution is -2.47. The van der Waals surface area contributed by atoms with Gasteiger partial charge in [0.1, 0.15) is 5.75 Å². The Morgan fingerprint density at radius 1 is 1.07 bits per heavy atom. The monoisotopic (exact) mass is 421 g/mol. The van der Waals surface area contributed by atoms with Gasteiger partial charge in [0.2, 0.25) is 0 Å². The van der Waals surface area contributed by atoms with Crippen molar-refractivity contribution in [3.05, 3.63) is 59.7 Å². The van der Waals surface area contributed by atoms with Crippen molar-refractivity contribution in [3.8, 4) is 5.75 Å². The van der Waals surface area contributed by atoms with Crippen LogP contribution in [-0.4, -0.2) is 57.2 Å². The zero-order valence-corrected chi connectivity index (χ0v) is 16.9. The van der Waals surface area contributed by atoms with E-state index in [2.05, 4.69) is 21.2 Å². The molecule has 1 N–H and O–H groups in total. The summed E-state index contributed by atoms with van der Waals surface area (Å²) >= 11 is 0. The van der Waals surface area contributed by atoms with Crippen molar-refractivity contribution in [3.63, 3.8) is 0 Å². The van der Waals surface area contributed by atoms with Gasteiger partial charge in [-0.1, -0.05) is 18.2 Å². The minimum absolute atomic E-state index is 0.0234. The first kappa shape index (κ1) is 22.0. The minimum Gasteiger partial charge on any atom is -0.495 e. The highest BCUT2D eigenvalue weighted by Gasteiger charge is 2.30. The number of methoxy groups -OCH3 is 1. The molecule has 0 unspecified atom stereocenters. The zero-order valence-electron chi connectivity index (χ0n) is 16.9. The van der Waals surface area contributed by atoms with E-state index in [4.69, 9.17) is 4.74 Å². The van der Waals surface area contributed by atoms with Crippen LogP contribution in [0.2, 0.25) is 0 Å². The zero-order chi connectivity index (χ0) is 21.6. The number of hydrogen-bond acceptors (Lipinski definition) is 4. The standard InChI is InChI=1S/C22H26F3N3O2/c1-30-20-9-3-2-8-19(20)28-14-12-27(13-15-28)11-5-10-26-21(29)17-6-4-7-18(16-17)22(23,24)25/h2-4,6-9,16H,5,10-15H2,1H3,(H,26,29). The fourth-order valence-corrected chi connectivity index (χ4v) is 3.55. The molecule has 30 heavy (non-hydrogen) atoms. The van der Waals surface area contributed by atoms with Crippen molar-refractivity contribution in [2.24, 2.45) is 0 Å². The molecule has 0 aliphatic carbocycles. The van der Waals surface area contributed by atoms with Crippen LogP contribution in [0.3, 0.4) is 0 Å². The number of alkyl halides is 3. The van der Waals surface area contributed by atoms with E-state index in [0.717, 1.165) is 62.7 Å². The van der Waals surface area contributed by atoms with Crippen molar-refractivity contribution in [1.82, 2.24) is 10.2 Å². The number of rotatable bonds is 7. The van der Waals surface area contributed by atoms with E-state index in [-0.39, 0.29) is 5.56 Å². The molecular formula is C22H26F3N3O2. The van der Waals surface area contributed by atoms with Gasteiger partial charge in [0.15, 0.2) is 0 Å². The number of benzene rings is 2. The lowest BCUT2D eigenvalue weighted by molar-refractivity contribution is -0.137. The number of halogens is 3. The molecule has 0 radical (unpaired) electrons. The maximum atomic E-state index is 12.8. The summed E-state index contributed by atoms with van der Waals surface area (Å²) in [4.78, 5) is 16.7. The van der Waals surface area contributed by atoms with E-state index < -0.39 is 17.6 Å². The number of para-hydroxylation sites is 2. The SMILES string of the molecule is COc1ccccc1N1CCN(CCCNC(=O)c2cccc(C(F)(F)F)c2)CC1. The smallest absolute Gasteiger partial charge is 0.416 e. The summed E-state index contributed by atoms with van der Waals surface area (Å²) in [5, 5.41) is 2.71. The van der Waals surface area contributed by atoms with Crippen LogP contribution >= 0.6 is 0 Å². The molecule has 162 valence electrons. The number of piperazine rings is 1. The van der Waals surface area contributed by atoms with Crippen molar-refractivity contribution in [2.45, 2.75) is 12.6 Å². The third kappa shape index (κ3) is 5.66. The van der Waals surface area contributed by atoms with Crippen molar-refractivity contribution >= 4 is 11.6 Å². The number of hydrogen-bond donors (Lipinski definition) is 1. The maximum Gasteiger partial charge on any atom is 0.416 e. The van der Waals surface area contributed by atoms with Crippen LogP contribution in [0.5, 0.6) is 5.75 Å². The second-order valence-electron chi connectivity index (χ2n) is 7.19. The molecule has 8 heteroatoms. The first-order valence-corrected chi connectivity index (χ1v) is 9.94. The molecule has 0 bridgehead atoms. The predicted molar refractivity (Wildman–Crippen MR) is 110 cm³/mol. The molecule has 0 atom stereocenters. The summed E-state index contributed by atoms with van der Waals surface area (Å²) in [5.74, 6) is 0.380.